The van der Waals surface area contributed by atoms with Gasteiger partial charge in [0.25, 0.3) is 0 Å². The smallest absolute Gasteiger partial charge is 0.0584 e. The highest BCUT2D eigenvalue weighted by Crippen LogP contribution is 2.20. The Morgan fingerprint density at radius 1 is 1.08 bits per heavy atom. The summed E-state index contributed by atoms with van der Waals surface area (Å²) in [6.07, 6.45) is 0. The molecule has 0 spiro atoms. The summed E-state index contributed by atoms with van der Waals surface area (Å²) in [5.41, 5.74) is 0. The SMILES string of the molecule is CC(C)N1CCN(C(C)(C)S)CC1. The molecule has 1 rings (SSSR count). The second-order valence-electron chi connectivity index (χ2n) is 4.61. The van der Waals surface area contributed by atoms with E-state index in [9.17, 15) is 0 Å². The molecule has 0 saturated carbocycles. The minimum absolute atomic E-state index is 0.0447. The molecule has 0 aromatic carbocycles. The zero-order chi connectivity index (χ0) is 10.1. The van der Waals surface area contributed by atoms with Crippen molar-refractivity contribution in [3.05, 3.63) is 0 Å². The highest BCUT2D eigenvalue weighted by atomic mass is 32.1. The Morgan fingerprint density at radius 3 is 1.85 bits per heavy atom. The van der Waals surface area contributed by atoms with Crippen LogP contribution in [-0.4, -0.2) is 46.9 Å². The molecular formula is C10H22N2S. The Labute approximate surface area is 87.7 Å². The molecule has 0 radical (unpaired) electrons. The fourth-order valence-corrected chi connectivity index (χ4v) is 1.99. The zero-order valence-corrected chi connectivity index (χ0v) is 10.1. The van der Waals surface area contributed by atoms with Gasteiger partial charge in [-0.05, 0) is 27.7 Å². The highest BCUT2D eigenvalue weighted by molar-refractivity contribution is 7.81. The van der Waals surface area contributed by atoms with Gasteiger partial charge in [-0.15, -0.1) is 0 Å². The number of hydrogen-bond acceptors (Lipinski definition) is 3. The monoisotopic (exact) mass is 202 g/mol. The summed E-state index contributed by atoms with van der Waals surface area (Å²) in [7, 11) is 0. The Bertz CT molecular complexity index is 155. The van der Waals surface area contributed by atoms with Crippen LogP contribution in [0.3, 0.4) is 0 Å². The molecule has 0 unspecified atom stereocenters. The molecule has 1 aliphatic rings. The van der Waals surface area contributed by atoms with E-state index in [-0.39, 0.29) is 4.87 Å². The van der Waals surface area contributed by atoms with E-state index < -0.39 is 0 Å². The van der Waals surface area contributed by atoms with Crippen LogP contribution in [0.5, 0.6) is 0 Å². The molecule has 78 valence electrons. The van der Waals surface area contributed by atoms with Crippen LogP contribution in [0, 0.1) is 0 Å². The van der Waals surface area contributed by atoms with Crippen LogP contribution in [0.15, 0.2) is 0 Å². The standard InChI is InChI=1S/C10H22N2S/c1-9(2)11-5-7-12(8-6-11)10(3,4)13/h9,13H,5-8H2,1-4H3. The van der Waals surface area contributed by atoms with Crippen LogP contribution in [0.4, 0.5) is 0 Å². The minimum atomic E-state index is 0.0447. The summed E-state index contributed by atoms with van der Waals surface area (Å²) in [6.45, 7) is 13.5. The van der Waals surface area contributed by atoms with Crippen molar-refractivity contribution in [2.24, 2.45) is 0 Å². The van der Waals surface area contributed by atoms with Crippen LogP contribution < -0.4 is 0 Å². The second kappa shape index (κ2) is 4.20. The van der Waals surface area contributed by atoms with Gasteiger partial charge in [-0.25, -0.2) is 0 Å². The van der Waals surface area contributed by atoms with Crippen LogP contribution in [0.25, 0.3) is 0 Å². The van der Waals surface area contributed by atoms with E-state index in [1.807, 2.05) is 0 Å². The summed E-state index contributed by atoms with van der Waals surface area (Å²) in [6, 6.07) is 0.685. The van der Waals surface area contributed by atoms with Gasteiger partial charge >= 0.3 is 0 Å². The van der Waals surface area contributed by atoms with E-state index in [0.29, 0.717) is 6.04 Å². The summed E-state index contributed by atoms with van der Waals surface area (Å²) < 4.78 is 0. The fourth-order valence-electron chi connectivity index (χ4n) is 1.79. The minimum Gasteiger partial charge on any atom is -0.298 e. The maximum absolute atomic E-state index is 4.59. The largest absolute Gasteiger partial charge is 0.298 e. The Hall–Kier alpha value is 0.270. The molecule has 3 heteroatoms. The third-order valence-corrected chi connectivity index (χ3v) is 3.10. The van der Waals surface area contributed by atoms with E-state index >= 15 is 0 Å². The number of rotatable bonds is 2. The van der Waals surface area contributed by atoms with Gasteiger partial charge in [0.15, 0.2) is 0 Å². The Kier molecular flexibility index (Phi) is 3.66. The van der Waals surface area contributed by atoms with Crippen molar-refractivity contribution in [1.29, 1.82) is 0 Å². The molecular weight excluding hydrogens is 180 g/mol. The van der Waals surface area contributed by atoms with Gasteiger partial charge in [0.05, 0.1) is 4.87 Å². The topological polar surface area (TPSA) is 6.48 Å². The molecule has 13 heavy (non-hydrogen) atoms. The average Bonchev–Trinajstić information content (AvgIpc) is 2.03. The van der Waals surface area contributed by atoms with Crippen molar-refractivity contribution >= 4 is 12.6 Å². The van der Waals surface area contributed by atoms with Gasteiger partial charge in [0.2, 0.25) is 0 Å². The van der Waals surface area contributed by atoms with Gasteiger partial charge in [-0.1, -0.05) is 0 Å². The molecule has 1 fully saturated rings. The van der Waals surface area contributed by atoms with Gasteiger partial charge < -0.3 is 0 Å². The van der Waals surface area contributed by atoms with Crippen LogP contribution in [0.2, 0.25) is 0 Å². The lowest BCUT2D eigenvalue weighted by atomic mass is 10.2. The average molecular weight is 202 g/mol. The van der Waals surface area contributed by atoms with Crippen LogP contribution in [-0.2, 0) is 0 Å². The van der Waals surface area contributed by atoms with Crippen LogP contribution in [0.1, 0.15) is 27.7 Å². The van der Waals surface area contributed by atoms with Crippen molar-refractivity contribution in [2.45, 2.75) is 38.6 Å². The quantitative estimate of drug-likeness (QED) is 0.681. The summed E-state index contributed by atoms with van der Waals surface area (Å²) in [4.78, 5) is 5.01. The first-order chi connectivity index (χ1) is 5.91. The molecule has 0 aromatic rings. The lowest BCUT2D eigenvalue weighted by Gasteiger charge is -2.42. The summed E-state index contributed by atoms with van der Waals surface area (Å²) in [5.74, 6) is 0. The Morgan fingerprint density at radius 2 is 1.54 bits per heavy atom. The molecule has 0 N–H and O–H groups in total. The van der Waals surface area contributed by atoms with Crippen LogP contribution >= 0.6 is 12.6 Å². The molecule has 0 atom stereocenters. The molecule has 0 amide bonds. The first kappa shape index (κ1) is 11.3. The molecule has 2 nitrogen and oxygen atoms in total. The van der Waals surface area contributed by atoms with Crippen molar-refractivity contribution < 1.29 is 0 Å². The normalized spacial score (nSPS) is 22.6. The molecule has 0 aliphatic carbocycles. The molecule has 0 bridgehead atoms. The molecule has 1 saturated heterocycles. The van der Waals surface area contributed by atoms with E-state index in [0.717, 1.165) is 13.1 Å². The van der Waals surface area contributed by atoms with Crippen molar-refractivity contribution in [1.82, 2.24) is 9.80 Å². The van der Waals surface area contributed by atoms with E-state index in [1.165, 1.54) is 13.1 Å². The maximum atomic E-state index is 4.59. The maximum Gasteiger partial charge on any atom is 0.0584 e. The predicted octanol–water partition coefficient (Wildman–Crippen LogP) is 1.68. The summed E-state index contributed by atoms with van der Waals surface area (Å²) >= 11 is 4.59. The summed E-state index contributed by atoms with van der Waals surface area (Å²) in [5, 5.41) is 0. The number of piperazine rings is 1. The Balaban J connectivity index is 2.39. The third-order valence-electron chi connectivity index (χ3n) is 2.82. The first-order valence-electron chi connectivity index (χ1n) is 5.13. The van der Waals surface area contributed by atoms with Gasteiger partial charge in [0.1, 0.15) is 0 Å². The number of thiol groups is 1. The van der Waals surface area contributed by atoms with E-state index in [2.05, 4.69) is 50.1 Å². The molecule has 1 heterocycles. The lowest BCUT2D eigenvalue weighted by Crippen LogP contribution is -2.53. The molecule has 1 aliphatic heterocycles. The number of hydrogen-bond donors (Lipinski definition) is 1. The zero-order valence-electron chi connectivity index (χ0n) is 9.25. The van der Waals surface area contributed by atoms with Gasteiger partial charge in [0, 0.05) is 32.2 Å². The van der Waals surface area contributed by atoms with Crippen molar-refractivity contribution in [3.63, 3.8) is 0 Å². The third kappa shape index (κ3) is 3.15. The van der Waals surface area contributed by atoms with E-state index in [1.54, 1.807) is 0 Å². The highest BCUT2D eigenvalue weighted by Gasteiger charge is 2.27. The van der Waals surface area contributed by atoms with Crippen molar-refractivity contribution in [3.8, 4) is 0 Å². The molecule has 0 aromatic heterocycles. The lowest BCUT2D eigenvalue weighted by molar-refractivity contribution is 0.0782. The van der Waals surface area contributed by atoms with E-state index in [4.69, 9.17) is 0 Å². The predicted molar refractivity (Wildman–Crippen MR) is 61.3 cm³/mol. The second-order valence-corrected chi connectivity index (χ2v) is 5.71. The van der Waals surface area contributed by atoms with Crippen molar-refractivity contribution in [2.75, 3.05) is 26.2 Å². The van der Waals surface area contributed by atoms with Gasteiger partial charge in [-0.2, -0.15) is 12.6 Å². The fraction of sp³-hybridized carbons (Fsp3) is 1.00. The first-order valence-corrected chi connectivity index (χ1v) is 5.57. The number of nitrogens with zero attached hydrogens (tertiary/aromatic N) is 2. The van der Waals surface area contributed by atoms with Gasteiger partial charge in [-0.3, -0.25) is 9.80 Å².